The average Bonchev–Trinajstić information content (AvgIpc) is 3.14. The topological polar surface area (TPSA) is 102 Å². The third-order valence-corrected chi connectivity index (χ3v) is 4.07. The zero-order valence-electron chi connectivity index (χ0n) is 12.9. The number of nitro groups is 1. The smallest absolute Gasteiger partial charge is 0.276 e. The minimum atomic E-state index is -0.458. The number of carbonyl (C=O) groups is 1. The van der Waals surface area contributed by atoms with Crippen LogP contribution in [0.1, 0.15) is 30.2 Å². The molecule has 1 fully saturated rings. The molecule has 0 saturated carbocycles. The molecule has 0 aliphatic carbocycles. The van der Waals surface area contributed by atoms with Crippen LogP contribution >= 0.6 is 0 Å². The van der Waals surface area contributed by atoms with Gasteiger partial charge in [-0.05, 0) is 25.0 Å². The lowest BCUT2D eigenvalue weighted by atomic mass is 9.97. The van der Waals surface area contributed by atoms with E-state index in [0.29, 0.717) is 24.5 Å². The number of benzene rings is 1. The van der Waals surface area contributed by atoms with Crippen LogP contribution in [0.3, 0.4) is 0 Å². The summed E-state index contributed by atoms with van der Waals surface area (Å²) in [6.45, 7) is 1.18. The first-order valence-corrected chi connectivity index (χ1v) is 7.61. The zero-order chi connectivity index (χ0) is 16.9. The van der Waals surface area contributed by atoms with Crippen LogP contribution in [-0.2, 0) is 4.79 Å². The zero-order valence-corrected chi connectivity index (χ0v) is 12.9. The van der Waals surface area contributed by atoms with Gasteiger partial charge >= 0.3 is 0 Å². The maximum Gasteiger partial charge on any atom is 0.276 e. The van der Waals surface area contributed by atoms with E-state index in [1.54, 1.807) is 23.1 Å². The van der Waals surface area contributed by atoms with Crippen molar-refractivity contribution in [3.8, 4) is 0 Å². The number of amides is 1. The molecule has 2 aromatic rings. The van der Waals surface area contributed by atoms with Gasteiger partial charge in [-0.15, -0.1) is 10.2 Å². The van der Waals surface area contributed by atoms with Crippen molar-refractivity contribution in [3.63, 3.8) is 0 Å². The molecule has 1 amide bonds. The number of hydrogen-bond donors (Lipinski definition) is 0. The van der Waals surface area contributed by atoms with Crippen LogP contribution in [0.25, 0.3) is 6.08 Å². The number of aromatic nitrogens is 2. The Kier molecular flexibility index (Phi) is 4.64. The number of hydrogen-bond acceptors (Lipinski definition) is 6. The molecule has 1 aliphatic heterocycles. The molecule has 2 heterocycles. The molecule has 0 radical (unpaired) electrons. The lowest BCUT2D eigenvalue weighted by Gasteiger charge is -2.29. The normalized spacial score (nSPS) is 15.8. The second kappa shape index (κ2) is 7.03. The molecular weight excluding hydrogens is 312 g/mol. The molecule has 8 nitrogen and oxygen atoms in total. The Balaban J connectivity index is 1.61. The van der Waals surface area contributed by atoms with Crippen LogP contribution in [-0.4, -0.2) is 39.0 Å². The van der Waals surface area contributed by atoms with E-state index < -0.39 is 4.92 Å². The molecule has 0 N–H and O–H groups in total. The second-order valence-electron chi connectivity index (χ2n) is 5.53. The maximum atomic E-state index is 12.3. The van der Waals surface area contributed by atoms with E-state index in [1.165, 1.54) is 24.6 Å². The molecule has 0 spiro atoms. The van der Waals surface area contributed by atoms with Crippen LogP contribution in [0, 0.1) is 10.1 Å². The highest BCUT2D eigenvalue weighted by atomic mass is 16.6. The summed E-state index contributed by atoms with van der Waals surface area (Å²) in [5, 5.41) is 18.6. The van der Waals surface area contributed by atoms with Crippen molar-refractivity contribution in [2.45, 2.75) is 18.8 Å². The highest BCUT2D eigenvalue weighted by Gasteiger charge is 2.25. The van der Waals surface area contributed by atoms with Gasteiger partial charge in [0.15, 0.2) is 0 Å². The fourth-order valence-electron chi connectivity index (χ4n) is 2.77. The second-order valence-corrected chi connectivity index (χ2v) is 5.53. The van der Waals surface area contributed by atoms with Crippen LogP contribution in [0.5, 0.6) is 0 Å². The number of piperidine rings is 1. The van der Waals surface area contributed by atoms with Crippen LogP contribution < -0.4 is 0 Å². The summed E-state index contributed by atoms with van der Waals surface area (Å²) in [5.41, 5.74) is 0.397. The van der Waals surface area contributed by atoms with Crippen molar-refractivity contribution < 1.29 is 14.1 Å². The minimum absolute atomic E-state index is 0.0170. The Hall–Kier alpha value is -3.03. The lowest BCUT2D eigenvalue weighted by molar-refractivity contribution is -0.385. The number of nitrogens with zero attached hydrogens (tertiary/aromatic N) is 4. The molecule has 0 unspecified atom stereocenters. The lowest BCUT2D eigenvalue weighted by Crippen LogP contribution is -2.36. The Morgan fingerprint density at radius 3 is 2.75 bits per heavy atom. The molecular formula is C16H16N4O4. The van der Waals surface area contributed by atoms with Crippen LogP contribution in [0.2, 0.25) is 0 Å². The number of para-hydroxylation sites is 1. The molecule has 0 atom stereocenters. The summed E-state index contributed by atoms with van der Waals surface area (Å²) >= 11 is 0. The monoisotopic (exact) mass is 328 g/mol. The first kappa shape index (κ1) is 15.9. The third kappa shape index (κ3) is 3.48. The van der Waals surface area contributed by atoms with E-state index >= 15 is 0 Å². The van der Waals surface area contributed by atoms with E-state index in [4.69, 9.17) is 4.42 Å². The van der Waals surface area contributed by atoms with E-state index in [9.17, 15) is 14.9 Å². The Labute approximate surface area is 137 Å². The van der Waals surface area contributed by atoms with Gasteiger partial charge in [0.25, 0.3) is 5.69 Å². The molecule has 1 aromatic heterocycles. The van der Waals surface area contributed by atoms with Crippen molar-refractivity contribution in [1.29, 1.82) is 0 Å². The standard InChI is InChI=1S/C16H16N4O4/c21-15(6-5-12-3-1-2-4-14(12)20(22)23)19-9-7-13(8-10-19)16-18-17-11-24-16/h1-6,11,13H,7-10H2/b6-5+. The van der Waals surface area contributed by atoms with Gasteiger partial charge in [-0.2, -0.15) is 0 Å². The highest BCUT2D eigenvalue weighted by molar-refractivity contribution is 5.92. The van der Waals surface area contributed by atoms with Gasteiger partial charge in [0.2, 0.25) is 18.2 Å². The fourth-order valence-corrected chi connectivity index (χ4v) is 2.77. The van der Waals surface area contributed by atoms with Gasteiger partial charge in [0, 0.05) is 31.1 Å². The van der Waals surface area contributed by atoms with Crippen molar-refractivity contribution in [2.24, 2.45) is 0 Å². The fraction of sp³-hybridized carbons (Fsp3) is 0.312. The molecule has 1 saturated heterocycles. The minimum Gasteiger partial charge on any atom is -0.428 e. The predicted octanol–water partition coefficient (Wildman–Crippen LogP) is 2.40. The molecule has 124 valence electrons. The molecule has 1 aliphatic rings. The van der Waals surface area contributed by atoms with Crippen LogP contribution in [0.4, 0.5) is 5.69 Å². The molecule has 3 rings (SSSR count). The number of nitro benzene ring substituents is 1. The Bertz CT molecular complexity index is 749. The maximum absolute atomic E-state index is 12.3. The summed E-state index contributed by atoms with van der Waals surface area (Å²) in [7, 11) is 0. The van der Waals surface area contributed by atoms with Gasteiger partial charge in [0.1, 0.15) is 0 Å². The SMILES string of the molecule is O=C(/C=C/c1ccccc1[N+](=O)[O-])N1CCC(c2nnco2)CC1. The largest absolute Gasteiger partial charge is 0.428 e. The molecule has 24 heavy (non-hydrogen) atoms. The van der Waals surface area contributed by atoms with Gasteiger partial charge in [-0.25, -0.2) is 0 Å². The van der Waals surface area contributed by atoms with Gasteiger partial charge < -0.3 is 9.32 Å². The van der Waals surface area contributed by atoms with E-state index in [-0.39, 0.29) is 17.5 Å². The number of carbonyl (C=O) groups excluding carboxylic acids is 1. The number of rotatable bonds is 4. The average molecular weight is 328 g/mol. The van der Waals surface area contributed by atoms with Crippen molar-refractivity contribution >= 4 is 17.7 Å². The summed E-state index contributed by atoms with van der Waals surface area (Å²) < 4.78 is 5.21. The van der Waals surface area contributed by atoms with Gasteiger partial charge in [-0.1, -0.05) is 12.1 Å². The van der Waals surface area contributed by atoms with Crippen molar-refractivity contribution in [2.75, 3.05) is 13.1 Å². The quantitative estimate of drug-likeness (QED) is 0.485. The van der Waals surface area contributed by atoms with Crippen LogP contribution in [0.15, 0.2) is 41.2 Å². The van der Waals surface area contributed by atoms with E-state index in [2.05, 4.69) is 10.2 Å². The van der Waals surface area contributed by atoms with E-state index in [1.807, 2.05) is 0 Å². The molecule has 1 aromatic carbocycles. The summed E-state index contributed by atoms with van der Waals surface area (Å²) in [6, 6.07) is 6.33. The third-order valence-electron chi connectivity index (χ3n) is 4.07. The highest BCUT2D eigenvalue weighted by Crippen LogP contribution is 2.26. The molecule has 8 heteroatoms. The first-order valence-electron chi connectivity index (χ1n) is 7.61. The summed E-state index contributed by atoms with van der Waals surface area (Å²) in [6.07, 6.45) is 5.70. The first-order chi connectivity index (χ1) is 11.6. The van der Waals surface area contributed by atoms with Gasteiger partial charge in [-0.3, -0.25) is 14.9 Å². The Morgan fingerprint density at radius 2 is 2.08 bits per heavy atom. The van der Waals surface area contributed by atoms with E-state index in [0.717, 1.165) is 12.8 Å². The number of likely N-dealkylation sites (tertiary alicyclic amines) is 1. The molecule has 0 bridgehead atoms. The summed E-state index contributed by atoms with van der Waals surface area (Å²) in [4.78, 5) is 24.5. The predicted molar refractivity (Wildman–Crippen MR) is 85.0 cm³/mol. The Morgan fingerprint density at radius 1 is 1.33 bits per heavy atom. The van der Waals surface area contributed by atoms with Crippen molar-refractivity contribution in [3.05, 3.63) is 58.3 Å². The summed E-state index contributed by atoms with van der Waals surface area (Å²) in [5.74, 6) is 0.630. The van der Waals surface area contributed by atoms with Gasteiger partial charge in [0.05, 0.1) is 10.5 Å². The van der Waals surface area contributed by atoms with Crippen molar-refractivity contribution in [1.82, 2.24) is 15.1 Å².